The van der Waals surface area contributed by atoms with E-state index in [-0.39, 0.29) is 17.0 Å². The third kappa shape index (κ3) is 6.00. The van der Waals surface area contributed by atoms with Gasteiger partial charge in [0.05, 0.1) is 11.3 Å². The van der Waals surface area contributed by atoms with Crippen LogP contribution in [0.2, 0.25) is 0 Å². The Morgan fingerprint density at radius 3 is 2.42 bits per heavy atom. The molecule has 0 aromatic heterocycles. The van der Waals surface area contributed by atoms with E-state index in [0.717, 1.165) is 5.56 Å². The largest absolute Gasteiger partial charge is 0.478 e. The number of carboxylic acids is 1. The molecule has 2 rings (SSSR count). The first-order valence-electron chi connectivity index (χ1n) is 8.15. The van der Waals surface area contributed by atoms with E-state index in [1.165, 1.54) is 6.07 Å². The van der Waals surface area contributed by atoms with Gasteiger partial charge in [-0.2, -0.15) is 0 Å². The van der Waals surface area contributed by atoms with Gasteiger partial charge in [0.25, 0.3) is 0 Å². The van der Waals surface area contributed by atoms with Crippen molar-refractivity contribution in [3.63, 3.8) is 0 Å². The minimum absolute atomic E-state index is 0.0634. The van der Waals surface area contributed by atoms with Gasteiger partial charge in [0.2, 0.25) is 5.91 Å². The lowest BCUT2D eigenvalue weighted by molar-refractivity contribution is -0.113. The molecule has 0 aliphatic heterocycles. The quantitative estimate of drug-likeness (QED) is 0.739. The zero-order chi connectivity index (χ0) is 19.2. The number of anilines is 1. The molecule has 2 aromatic carbocycles. The predicted molar refractivity (Wildman–Crippen MR) is 100 cm³/mol. The van der Waals surface area contributed by atoms with E-state index >= 15 is 0 Å². The lowest BCUT2D eigenvalue weighted by Gasteiger charge is -2.08. The first-order valence-corrected chi connectivity index (χ1v) is 9.97. The summed E-state index contributed by atoms with van der Waals surface area (Å²) < 4.78 is 24.2. The summed E-state index contributed by atoms with van der Waals surface area (Å²) in [4.78, 5) is 23.1. The first kappa shape index (κ1) is 19.7. The number of hydrogen-bond acceptors (Lipinski definition) is 4. The zero-order valence-corrected chi connectivity index (χ0v) is 15.3. The van der Waals surface area contributed by atoms with E-state index in [2.05, 4.69) is 5.32 Å². The highest BCUT2D eigenvalue weighted by Gasteiger charge is 2.17. The van der Waals surface area contributed by atoms with Crippen LogP contribution in [-0.4, -0.2) is 36.9 Å². The smallest absolute Gasteiger partial charge is 0.336 e. The maximum Gasteiger partial charge on any atom is 0.336 e. The molecule has 6 nitrogen and oxygen atoms in total. The Morgan fingerprint density at radius 1 is 1.08 bits per heavy atom. The molecule has 0 aliphatic rings. The van der Waals surface area contributed by atoms with Crippen LogP contribution in [-0.2, 0) is 21.1 Å². The van der Waals surface area contributed by atoms with Crippen LogP contribution in [0.4, 0.5) is 5.69 Å². The van der Waals surface area contributed by atoms with Crippen LogP contribution in [0.15, 0.2) is 48.5 Å². The summed E-state index contributed by atoms with van der Waals surface area (Å²) in [6.07, 6.45) is 1.06. The van der Waals surface area contributed by atoms with E-state index in [9.17, 15) is 18.0 Å². The van der Waals surface area contributed by atoms with Gasteiger partial charge in [-0.15, -0.1) is 0 Å². The lowest BCUT2D eigenvalue weighted by atomic mass is 10.1. The third-order valence-corrected chi connectivity index (χ3v) is 5.48. The summed E-state index contributed by atoms with van der Waals surface area (Å²) in [6, 6.07) is 14.0. The van der Waals surface area contributed by atoms with Crippen molar-refractivity contribution in [2.45, 2.75) is 19.8 Å². The number of carbonyl (C=O) groups excluding carboxylic acids is 1. The number of sulfone groups is 1. The lowest BCUT2D eigenvalue weighted by Crippen LogP contribution is -2.25. The van der Waals surface area contributed by atoms with Crippen LogP contribution < -0.4 is 5.32 Å². The standard InChI is InChI=1S/C19H21NO5S/c1-14-9-10-16(12-17(14)19(22)23)20-18(21)13-26(24,25)11-5-8-15-6-3-2-4-7-15/h2-4,6-7,9-10,12H,5,8,11,13H2,1H3,(H,20,21)(H,22,23). The molecule has 0 bridgehead atoms. The fourth-order valence-electron chi connectivity index (χ4n) is 2.54. The van der Waals surface area contributed by atoms with E-state index < -0.39 is 27.5 Å². The molecule has 2 aromatic rings. The molecular formula is C19H21NO5S. The maximum absolute atomic E-state index is 12.1. The molecule has 26 heavy (non-hydrogen) atoms. The van der Waals surface area contributed by atoms with Crippen LogP contribution >= 0.6 is 0 Å². The number of amides is 1. The van der Waals surface area contributed by atoms with Gasteiger partial charge >= 0.3 is 5.97 Å². The summed E-state index contributed by atoms with van der Waals surface area (Å²) in [5.74, 6) is -2.49. The van der Waals surface area contributed by atoms with Crippen molar-refractivity contribution in [2.75, 3.05) is 16.8 Å². The predicted octanol–water partition coefficient (Wildman–Crippen LogP) is 2.68. The summed E-state index contributed by atoms with van der Waals surface area (Å²) >= 11 is 0. The van der Waals surface area contributed by atoms with Crippen molar-refractivity contribution >= 4 is 27.4 Å². The Kier molecular flexibility index (Phi) is 6.52. The number of benzene rings is 2. The van der Waals surface area contributed by atoms with E-state index in [1.807, 2.05) is 30.3 Å². The minimum Gasteiger partial charge on any atom is -0.478 e. The molecule has 0 atom stereocenters. The Balaban J connectivity index is 1.90. The summed E-state index contributed by atoms with van der Waals surface area (Å²) in [5.41, 5.74) is 1.93. The van der Waals surface area contributed by atoms with Crippen molar-refractivity contribution in [1.82, 2.24) is 0 Å². The Hall–Kier alpha value is -2.67. The normalized spacial score (nSPS) is 11.1. The number of carboxylic acid groups (broad SMARTS) is 1. The number of aryl methyl sites for hydroxylation is 2. The third-order valence-electron chi connectivity index (χ3n) is 3.87. The number of aromatic carboxylic acids is 1. The van der Waals surface area contributed by atoms with Gasteiger partial charge in [-0.3, -0.25) is 4.79 Å². The van der Waals surface area contributed by atoms with Crippen molar-refractivity contribution in [3.05, 3.63) is 65.2 Å². The van der Waals surface area contributed by atoms with Crippen LogP contribution in [0.3, 0.4) is 0 Å². The molecule has 2 N–H and O–H groups in total. The average Bonchev–Trinajstić information content (AvgIpc) is 2.56. The Bertz CT molecular complexity index is 891. The molecule has 0 aliphatic carbocycles. The highest BCUT2D eigenvalue weighted by atomic mass is 32.2. The second-order valence-corrected chi connectivity index (χ2v) is 8.25. The van der Waals surface area contributed by atoms with E-state index in [1.54, 1.807) is 19.1 Å². The first-order chi connectivity index (χ1) is 12.3. The molecule has 7 heteroatoms. The van der Waals surface area contributed by atoms with Gasteiger partial charge in [-0.1, -0.05) is 36.4 Å². The van der Waals surface area contributed by atoms with Crippen LogP contribution in [0, 0.1) is 6.92 Å². The molecule has 1 amide bonds. The zero-order valence-electron chi connectivity index (χ0n) is 14.4. The monoisotopic (exact) mass is 375 g/mol. The SMILES string of the molecule is Cc1ccc(NC(=O)CS(=O)(=O)CCCc2ccccc2)cc1C(=O)O. The van der Waals surface area contributed by atoms with Crippen molar-refractivity contribution in [1.29, 1.82) is 0 Å². The molecule has 0 saturated heterocycles. The van der Waals surface area contributed by atoms with Crippen molar-refractivity contribution in [3.8, 4) is 0 Å². The highest BCUT2D eigenvalue weighted by Crippen LogP contribution is 2.15. The Morgan fingerprint density at radius 2 is 1.77 bits per heavy atom. The van der Waals surface area contributed by atoms with Crippen LogP contribution in [0.1, 0.15) is 27.9 Å². The molecule has 0 heterocycles. The molecular weight excluding hydrogens is 354 g/mol. The van der Waals surface area contributed by atoms with E-state index in [4.69, 9.17) is 5.11 Å². The van der Waals surface area contributed by atoms with Crippen molar-refractivity contribution in [2.24, 2.45) is 0 Å². The second-order valence-electron chi connectivity index (χ2n) is 6.06. The van der Waals surface area contributed by atoms with Gasteiger partial charge in [0.1, 0.15) is 5.75 Å². The fraction of sp³-hybridized carbons (Fsp3) is 0.263. The average molecular weight is 375 g/mol. The van der Waals surface area contributed by atoms with Gasteiger partial charge in [-0.25, -0.2) is 13.2 Å². The molecule has 0 saturated carbocycles. The van der Waals surface area contributed by atoms with Crippen LogP contribution in [0.25, 0.3) is 0 Å². The van der Waals surface area contributed by atoms with Crippen LogP contribution in [0.5, 0.6) is 0 Å². The summed E-state index contributed by atoms with van der Waals surface area (Å²) in [7, 11) is -3.53. The minimum atomic E-state index is -3.53. The van der Waals surface area contributed by atoms with Gasteiger partial charge in [0.15, 0.2) is 9.84 Å². The molecule has 0 unspecified atom stereocenters. The number of nitrogens with one attached hydrogen (secondary N) is 1. The number of rotatable bonds is 8. The molecule has 0 spiro atoms. The van der Waals surface area contributed by atoms with Gasteiger partial charge < -0.3 is 10.4 Å². The molecule has 138 valence electrons. The number of carbonyl (C=O) groups is 2. The fourth-order valence-corrected chi connectivity index (χ4v) is 3.74. The number of hydrogen-bond donors (Lipinski definition) is 2. The van der Waals surface area contributed by atoms with Gasteiger partial charge in [-0.05, 0) is 43.0 Å². The topological polar surface area (TPSA) is 101 Å². The molecule has 0 radical (unpaired) electrons. The maximum atomic E-state index is 12.1. The summed E-state index contributed by atoms with van der Waals surface area (Å²) in [5, 5.41) is 11.5. The molecule has 0 fully saturated rings. The summed E-state index contributed by atoms with van der Waals surface area (Å²) in [6.45, 7) is 1.65. The Labute approximate surface area is 152 Å². The van der Waals surface area contributed by atoms with Crippen molar-refractivity contribution < 1.29 is 23.1 Å². The highest BCUT2D eigenvalue weighted by molar-refractivity contribution is 7.92. The second kappa shape index (κ2) is 8.62. The van der Waals surface area contributed by atoms with Gasteiger partial charge in [0, 0.05) is 5.69 Å². The van der Waals surface area contributed by atoms with E-state index in [0.29, 0.717) is 18.4 Å².